The summed E-state index contributed by atoms with van der Waals surface area (Å²) in [6, 6.07) is 7.90. The number of fused-ring (bicyclic) bond motifs is 1. The first-order valence-corrected chi connectivity index (χ1v) is 7.44. The fraction of sp³-hybridized carbons (Fsp3) is 0.214. The van der Waals surface area contributed by atoms with Crippen molar-refractivity contribution in [1.82, 2.24) is 24.9 Å². The third-order valence-electron chi connectivity index (χ3n) is 3.77. The first-order chi connectivity index (χ1) is 10.2. The molecule has 1 amide bonds. The molecule has 3 heterocycles. The zero-order valence-corrected chi connectivity index (χ0v) is 12.6. The van der Waals surface area contributed by atoms with Gasteiger partial charge in [-0.2, -0.15) is 10.2 Å². The zero-order chi connectivity index (χ0) is 14.4. The van der Waals surface area contributed by atoms with Gasteiger partial charge in [0.25, 0.3) is 5.91 Å². The van der Waals surface area contributed by atoms with E-state index in [1.165, 1.54) is 0 Å². The lowest BCUT2D eigenvalue weighted by atomic mass is 10.1. The fourth-order valence-corrected chi connectivity index (χ4v) is 2.88. The molecule has 1 saturated heterocycles. The minimum absolute atomic E-state index is 0.0325. The van der Waals surface area contributed by atoms with Crippen molar-refractivity contribution in [2.75, 3.05) is 13.1 Å². The molecule has 0 spiro atoms. The van der Waals surface area contributed by atoms with Gasteiger partial charge >= 0.3 is 0 Å². The molecule has 1 aromatic carbocycles. The summed E-state index contributed by atoms with van der Waals surface area (Å²) in [6.07, 6.45) is 3.68. The molecule has 106 valence electrons. The van der Waals surface area contributed by atoms with Crippen LogP contribution in [0.5, 0.6) is 0 Å². The van der Waals surface area contributed by atoms with Crippen molar-refractivity contribution in [3.05, 3.63) is 46.8 Å². The summed E-state index contributed by atoms with van der Waals surface area (Å²) in [5, 5.41) is 12.2. The van der Waals surface area contributed by atoms with Gasteiger partial charge in [0, 0.05) is 24.7 Å². The van der Waals surface area contributed by atoms with E-state index >= 15 is 0 Å². The van der Waals surface area contributed by atoms with Crippen molar-refractivity contribution in [2.45, 2.75) is 6.04 Å². The molecule has 0 unspecified atom stereocenters. The smallest absolute Gasteiger partial charge is 0.275 e. The van der Waals surface area contributed by atoms with Crippen LogP contribution in [0.3, 0.4) is 0 Å². The third kappa shape index (κ3) is 2.04. The Bertz CT molecular complexity index is 818. The Morgan fingerprint density at radius 3 is 2.90 bits per heavy atom. The van der Waals surface area contributed by atoms with Gasteiger partial charge in [-0.3, -0.25) is 14.6 Å². The lowest BCUT2D eigenvalue weighted by Crippen LogP contribution is -2.51. The number of carbonyl (C=O) groups excluding carboxylic acids is 1. The summed E-state index contributed by atoms with van der Waals surface area (Å²) in [6.45, 7) is 1.32. The summed E-state index contributed by atoms with van der Waals surface area (Å²) in [7, 11) is 0. The molecule has 3 aromatic rings. The molecule has 6 nitrogen and oxygen atoms in total. The van der Waals surface area contributed by atoms with E-state index in [0.717, 1.165) is 15.4 Å². The van der Waals surface area contributed by atoms with Gasteiger partial charge in [-0.05, 0) is 22.0 Å². The maximum Gasteiger partial charge on any atom is 0.275 e. The van der Waals surface area contributed by atoms with E-state index in [0.29, 0.717) is 18.8 Å². The Labute approximate surface area is 128 Å². The van der Waals surface area contributed by atoms with Crippen LogP contribution in [0.15, 0.2) is 41.1 Å². The average Bonchev–Trinajstić information content (AvgIpc) is 3.03. The Morgan fingerprint density at radius 2 is 2.14 bits per heavy atom. The van der Waals surface area contributed by atoms with Crippen molar-refractivity contribution in [3.63, 3.8) is 0 Å². The van der Waals surface area contributed by atoms with Crippen molar-refractivity contribution in [3.8, 4) is 0 Å². The van der Waals surface area contributed by atoms with E-state index in [-0.39, 0.29) is 11.9 Å². The monoisotopic (exact) mass is 345 g/mol. The van der Waals surface area contributed by atoms with E-state index in [1.54, 1.807) is 11.1 Å². The molecule has 1 aliphatic rings. The number of aromatic amines is 1. The van der Waals surface area contributed by atoms with E-state index in [1.807, 2.05) is 35.1 Å². The predicted octanol–water partition coefficient (Wildman–Crippen LogP) is 2.22. The van der Waals surface area contributed by atoms with Gasteiger partial charge in [-0.25, -0.2) is 0 Å². The average molecular weight is 346 g/mol. The minimum atomic E-state index is -0.0325. The largest absolute Gasteiger partial charge is 0.333 e. The fourth-order valence-electron chi connectivity index (χ4n) is 2.58. The third-order valence-corrected chi connectivity index (χ3v) is 4.18. The Morgan fingerprint density at radius 1 is 1.33 bits per heavy atom. The maximum absolute atomic E-state index is 12.5. The quantitative estimate of drug-likeness (QED) is 0.774. The molecule has 2 aromatic heterocycles. The number of likely N-dealkylation sites (tertiary alicyclic amines) is 1. The van der Waals surface area contributed by atoms with Crippen molar-refractivity contribution in [2.24, 2.45) is 0 Å². The summed E-state index contributed by atoms with van der Waals surface area (Å²) < 4.78 is 2.84. The number of hydrogen-bond acceptors (Lipinski definition) is 3. The summed E-state index contributed by atoms with van der Waals surface area (Å²) in [5.74, 6) is -0.0325. The zero-order valence-electron chi connectivity index (χ0n) is 11.0. The van der Waals surface area contributed by atoms with Gasteiger partial charge in [-0.15, -0.1) is 0 Å². The minimum Gasteiger partial charge on any atom is -0.333 e. The molecule has 0 atom stereocenters. The number of benzene rings is 1. The molecule has 1 N–H and O–H groups in total. The number of rotatable bonds is 2. The van der Waals surface area contributed by atoms with Crippen molar-refractivity contribution in [1.29, 1.82) is 0 Å². The van der Waals surface area contributed by atoms with Crippen LogP contribution in [0.25, 0.3) is 10.9 Å². The van der Waals surface area contributed by atoms with E-state index in [2.05, 4.69) is 31.2 Å². The van der Waals surface area contributed by atoms with E-state index in [4.69, 9.17) is 0 Å². The van der Waals surface area contributed by atoms with Gasteiger partial charge in [0.15, 0.2) is 5.69 Å². The second-order valence-corrected chi connectivity index (χ2v) is 6.04. The van der Waals surface area contributed by atoms with Gasteiger partial charge in [0.05, 0.1) is 22.2 Å². The standard InChI is InChI=1S/C14H12BrN5O/c15-9-5-16-20(6-9)10-7-19(8-10)14(21)13-11-3-1-2-4-12(11)17-18-13/h1-6,10H,7-8H2,(H,17,18). The summed E-state index contributed by atoms with van der Waals surface area (Å²) >= 11 is 3.38. The lowest BCUT2D eigenvalue weighted by Gasteiger charge is -2.38. The number of H-pyrrole nitrogens is 1. The van der Waals surface area contributed by atoms with Crippen LogP contribution in [-0.2, 0) is 0 Å². The SMILES string of the molecule is O=C(c1n[nH]c2ccccc12)N1CC(n2cc(Br)cn2)C1. The van der Waals surface area contributed by atoms with Gasteiger partial charge in [0.2, 0.25) is 0 Å². The summed E-state index contributed by atoms with van der Waals surface area (Å²) in [4.78, 5) is 14.3. The molecule has 1 fully saturated rings. The molecule has 21 heavy (non-hydrogen) atoms. The highest BCUT2D eigenvalue weighted by Crippen LogP contribution is 2.25. The van der Waals surface area contributed by atoms with Crippen LogP contribution in [0, 0.1) is 0 Å². The van der Waals surface area contributed by atoms with E-state index in [9.17, 15) is 4.79 Å². The molecule has 4 rings (SSSR count). The number of para-hydroxylation sites is 1. The molecular formula is C14H12BrN5O. The van der Waals surface area contributed by atoms with Crippen LogP contribution in [0.2, 0.25) is 0 Å². The molecule has 0 aliphatic carbocycles. The topological polar surface area (TPSA) is 66.8 Å². The van der Waals surface area contributed by atoms with Crippen LogP contribution < -0.4 is 0 Å². The van der Waals surface area contributed by atoms with Gasteiger partial charge < -0.3 is 4.90 Å². The number of carbonyl (C=O) groups is 1. The molecular weight excluding hydrogens is 334 g/mol. The number of halogens is 1. The number of nitrogens with zero attached hydrogens (tertiary/aromatic N) is 4. The molecule has 0 radical (unpaired) electrons. The Kier molecular flexibility index (Phi) is 2.81. The normalized spacial score (nSPS) is 15.4. The number of amides is 1. The Hall–Kier alpha value is -2.15. The highest BCUT2D eigenvalue weighted by atomic mass is 79.9. The molecule has 7 heteroatoms. The number of hydrogen-bond donors (Lipinski definition) is 1. The lowest BCUT2D eigenvalue weighted by molar-refractivity contribution is 0.0497. The molecule has 0 bridgehead atoms. The van der Waals surface area contributed by atoms with Crippen LogP contribution in [0.4, 0.5) is 0 Å². The second-order valence-electron chi connectivity index (χ2n) is 5.12. The number of aromatic nitrogens is 4. The highest BCUT2D eigenvalue weighted by Gasteiger charge is 2.34. The summed E-state index contributed by atoms with van der Waals surface area (Å²) in [5.41, 5.74) is 1.37. The van der Waals surface area contributed by atoms with Crippen LogP contribution >= 0.6 is 15.9 Å². The maximum atomic E-state index is 12.5. The predicted molar refractivity (Wildman–Crippen MR) is 81.0 cm³/mol. The first-order valence-electron chi connectivity index (χ1n) is 6.64. The molecule has 0 saturated carbocycles. The van der Waals surface area contributed by atoms with Crippen LogP contribution in [-0.4, -0.2) is 43.9 Å². The van der Waals surface area contributed by atoms with Crippen molar-refractivity contribution >= 4 is 32.7 Å². The second kappa shape index (κ2) is 4.70. The number of nitrogens with one attached hydrogen (secondary N) is 1. The van der Waals surface area contributed by atoms with Crippen molar-refractivity contribution < 1.29 is 4.79 Å². The van der Waals surface area contributed by atoms with Crippen LogP contribution in [0.1, 0.15) is 16.5 Å². The van der Waals surface area contributed by atoms with E-state index < -0.39 is 0 Å². The van der Waals surface area contributed by atoms with Gasteiger partial charge in [-0.1, -0.05) is 18.2 Å². The first kappa shape index (κ1) is 12.6. The highest BCUT2D eigenvalue weighted by molar-refractivity contribution is 9.10. The van der Waals surface area contributed by atoms with Gasteiger partial charge in [0.1, 0.15) is 0 Å². The Balaban J connectivity index is 1.52. The molecule has 1 aliphatic heterocycles.